The second-order valence-corrected chi connectivity index (χ2v) is 4.76. The van der Waals surface area contributed by atoms with Crippen LogP contribution < -0.4 is 10.1 Å². The number of ether oxygens (including phenoxy) is 2. The standard InChI is InChI=1S/C15H25NO3/c1-13(2)18-10-6-9-16-11-14(17)12-19-15-7-4-3-5-8-15/h3-5,7-8,13-14,16-17H,6,9-12H2,1-2H3/t14-/m1/s1. The van der Waals surface area contributed by atoms with Gasteiger partial charge in [-0.25, -0.2) is 0 Å². The van der Waals surface area contributed by atoms with Gasteiger partial charge in [0.1, 0.15) is 18.5 Å². The number of para-hydroxylation sites is 1. The molecule has 19 heavy (non-hydrogen) atoms. The summed E-state index contributed by atoms with van der Waals surface area (Å²) in [7, 11) is 0. The Hall–Kier alpha value is -1.10. The highest BCUT2D eigenvalue weighted by Crippen LogP contribution is 2.08. The normalized spacial score (nSPS) is 12.6. The second kappa shape index (κ2) is 9.78. The van der Waals surface area contributed by atoms with Gasteiger partial charge in [0, 0.05) is 13.2 Å². The van der Waals surface area contributed by atoms with Crippen molar-refractivity contribution in [2.24, 2.45) is 0 Å². The van der Waals surface area contributed by atoms with E-state index in [9.17, 15) is 5.11 Å². The number of hydrogen-bond donors (Lipinski definition) is 2. The Bertz CT molecular complexity index is 316. The van der Waals surface area contributed by atoms with Crippen LogP contribution in [0.25, 0.3) is 0 Å². The van der Waals surface area contributed by atoms with E-state index in [0.717, 1.165) is 25.3 Å². The number of nitrogens with one attached hydrogen (secondary N) is 1. The number of rotatable bonds is 10. The summed E-state index contributed by atoms with van der Waals surface area (Å²) in [5.41, 5.74) is 0. The molecule has 1 rings (SSSR count). The summed E-state index contributed by atoms with van der Waals surface area (Å²) < 4.78 is 10.9. The summed E-state index contributed by atoms with van der Waals surface area (Å²) in [5.74, 6) is 0.784. The molecular weight excluding hydrogens is 242 g/mol. The maximum atomic E-state index is 9.74. The lowest BCUT2D eigenvalue weighted by Crippen LogP contribution is -2.32. The van der Waals surface area contributed by atoms with Gasteiger partial charge in [0.2, 0.25) is 0 Å². The molecule has 0 fully saturated rings. The minimum Gasteiger partial charge on any atom is -0.491 e. The van der Waals surface area contributed by atoms with Crippen LogP contribution in [0.15, 0.2) is 30.3 Å². The van der Waals surface area contributed by atoms with Crippen molar-refractivity contribution >= 4 is 0 Å². The molecule has 0 bridgehead atoms. The molecule has 0 aliphatic rings. The highest BCUT2D eigenvalue weighted by Gasteiger charge is 2.04. The highest BCUT2D eigenvalue weighted by atomic mass is 16.5. The molecule has 4 nitrogen and oxygen atoms in total. The van der Waals surface area contributed by atoms with Crippen LogP contribution in [0.2, 0.25) is 0 Å². The van der Waals surface area contributed by atoms with E-state index in [-0.39, 0.29) is 6.10 Å². The molecule has 2 N–H and O–H groups in total. The topological polar surface area (TPSA) is 50.7 Å². The first-order valence-corrected chi connectivity index (χ1v) is 6.86. The molecule has 0 radical (unpaired) electrons. The molecule has 0 amide bonds. The van der Waals surface area contributed by atoms with Crippen LogP contribution in [0.5, 0.6) is 5.75 Å². The van der Waals surface area contributed by atoms with Gasteiger partial charge in [-0.1, -0.05) is 18.2 Å². The maximum absolute atomic E-state index is 9.74. The lowest BCUT2D eigenvalue weighted by atomic mass is 10.3. The summed E-state index contributed by atoms with van der Waals surface area (Å²) in [6.45, 7) is 6.49. The molecule has 0 aromatic heterocycles. The third-order valence-electron chi connectivity index (χ3n) is 2.51. The van der Waals surface area contributed by atoms with Crippen LogP contribution >= 0.6 is 0 Å². The van der Waals surface area contributed by atoms with Crippen LogP contribution in [0.1, 0.15) is 20.3 Å². The molecule has 0 spiro atoms. The van der Waals surface area contributed by atoms with Crippen molar-refractivity contribution in [3.05, 3.63) is 30.3 Å². The summed E-state index contributed by atoms with van der Waals surface area (Å²) in [4.78, 5) is 0. The van der Waals surface area contributed by atoms with E-state index in [1.807, 2.05) is 44.2 Å². The number of aliphatic hydroxyl groups is 1. The number of benzene rings is 1. The van der Waals surface area contributed by atoms with Gasteiger partial charge in [0.25, 0.3) is 0 Å². The largest absolute Gasteiger partial charge is 0.491 e. The first-order valence-electron chi connectivity index (χ1n) is 6.86. The van der Waals surface area contributed by atoms with Gasteiger partial charge < -0.3 is 19.9 Å². The number of hydrogen-bond acceptors (Lipinski definition) is 4. The molecule has 1 aromatic carbocycles. The molecule has 0 saturated heterocycles. The highest BCUT2D eigenvalue weighted by molar-refractivity contribution is 5.20. The Kier molecular flexibility index (Phi) is 8.21. The summed E-state index contributed by atoms with van der Waals surface area (Å²) >= 11 is 0. The van der Waals surface area contributed by atoms with Gasteiger partial charge in [-0.3, -0.25) is 0 Å². The van der Waals surface area contributed by atoms with Crippen molar-refractivity contribution in [3.63, 3.8) is 0 Å². The van der Waals surface area contributed by atoms with Crippen LogP contribution in [0, 0.1) is 0 Å². The summed E-state index contributed by atoms with van der Waals surface area (Å²) in [6, 6.07) is 9.51. The Morgan fingerprint density at radius 3 is 2.63 bits per heavy atom. The first kappa shape index (κ1) is 16.0. The van der Waals surface area contributed by atoms with Crippen molar-refractivity contribution in [3.8, 4) is 5.75 Å². The van der Waals surface area contributed by atoms with Crippen LogP contribution in [0.3, 0.4) is 0 Å². The zero-order valence-electron chi connectivity index (χ0n) is 11.8. The molecule has 0 heterocycles. The molecule has 0 aliphatic carbocycles. The van der Waals surface area contributed by atoms with Crippen molar-refractivity contribution < 1.29 is 14.6 Å². The fraction of sp³-hybridized carbons (Fsp3) is 0.600. The molecule has 4 heteroatoms. The second-order valence-electron chi connectivity index (χ2n) is 4.76. The van der Waals surface area contributed by atoms with Crippen LogP contribution in [-0.4, -0.2) is 43.6 Å². The minimum absolute atomic E-state index is 0.282. The van der Waals surface area contributed by atoms with E-state index in [4.69, 9.17) is 9.47 Å². The Labute approximate surface area is 115 Å². The van der Waals surface area contributed by atoms with Gasteiger partial charge in [0.05, 0.1) is 6.10 Å². The third kappa shape index (κ3) is 8.59. The zero-order valence-corrected chi connectivity index (χ0v) is 11.8. The zero-order chi connectivity index (χ0) is 13.9. The van der Waals surface area contributed by atoms with E-state index in [1.54, 1.807) is 0 Å². The predicted molar refractivity (Wildman–Crippen MR) is 76.5 cm³/mol. The van der Waals surface area contributed by atoms with Crippen molar-refractivity contribution in [2.75, 3.05) is 26.3 Å². The van der Waals surface area contributed by atoms with Crippen molar-refractivity contribution in [1.82, 2.24) is 5.32 Å². The van der Waals surface area contributed by atoms with E-state index in [2.05, 4.69) is 5.32 Å². The monoisotopic (exact) mass is 267 g/mol. The average molecular weight is 267 g/mol. The molecule has 108 valence electrons. The van der Waals surface area contributed by atoms with Crippen LogP contribution in [-0.2, 0) is 4.74 Å². The summed E-state index contributed by atoms with van der Waals surface area (Å²) in [6.07, 6.45) is 0.737. The molecule has 0 saturated carbocycles. The molecule has 0 aliphatic heterocycles. The molecular formula is C15H25NO3. The minimum atomic E-state index is -0.494. The van der Waals surface area contributed by atoms with E-state index in [0.29, 0.717) is 13.2 Å². The SMILES string of the molecule is CC(C)OCCCNC[C@@H](O)COc1ccccc1. The quantitative estimate of drug-likeness (QED) is 0.635. The van der Waals surface area contributed by atoms with Gasteiger partial charge in [-0.15, -0.1) is 0 Å². The lowest BCUT2D eigenvalue weighted by molar-refractivity contribution is 0.0749. The molecule has 1 aromatic rings. The predicted octanol–water partition coefficient (Wildman–Crippen LogP) is 1.83. The van der Waals surface area contributed by atoms with Gasteiger partial charge in [-0.2, -0.15) is 0 Å². The van der Waals surface area contributed by atoms with Gasteiger partial charge in [-0.05, 0) is 38.9 Å². The first-order chi connectivity index (χ1) is 9.18. The van der Waals surface area contributed by atoms with Crippen molar-refractivity contribution in [2.45, 2.75) is 32.5 Å². The van der Waals surface area contributed by atoms with Gasteiger partial charge >= 0.3 is 0 Å². The van der Waals surface area contributed by atoms with E-state index < -0.39 is 6.10 Å². The average Bonchev–Trinajstić information content (AvgIpc) is 2.41. The maximum Gasteiger partial charge on any atom is 0.119 e. The summed E-state index contributed by atoms with van der Waals surface area (Å²) in [5, 5.41) is 12.9. The van der Waals surface area contributed by atoms with Crippen molar-refractivity contribution in [1.29, 1.82) is 0 Å². The van der Waals surface area contributed by atoms with Gasteiger partial charge in [0.15, 0.2) is 0 Å². The van der Waals surface area contributed by atoms with E-state index in [1.165, 1.54) is 0 Å². The fourth-order valence-corrected chi connectivity index (χ4v) is 1.55. The van der Waals surface area contributed by atoms with E-state index >= 15 is 0 Å². The Balaban J connectivity index is 1.98. The van der Waals surface area contributed by atoms with Crippen LogP contribution in [0.4, 0.5) is 0 Å². The Morgan fingerprint density at radius 2 is 1.95 bits per heavy atom. The fourth-order valence-electron chi connectivity index (χ4n) is 1.55. The smallest absolute Gasteiger partial charge is 0.119 e. The Morgan fingerprint density at radius 1 is 1.21 bits per heavy atom. The number of aliphatic hydroxyl groups excluding tert-OH is 1. The molecule has 0 unspecified atom stereocenters. The third-order valence-corrected chi connectivity index (χ3v) is 2.51. The lowest BCUT2D eigenvalue weighted by Gasteiger charge is -2.13. The molecule has 1 atom stereocenters.